The molecule has 2 aliphatic heterocycles. The summed E-state index contributed by atoms with van der Waals surface area (Å²) >= 11 is 0. The molecule has 0 aliphatic carbocycles. The monoisotopic (exact) mass is 417 g/mol. The molecule has 1 aromatic heterocycles. The summed E-state index contributed by atoms with van der Waals surface area (Å²) in [6.07, 6.45) is -4.45. The lowest BCUT2D eigenvalue weighted by atomic mass is 9.98. The second kappa shape index (κ2) is 6.75. The van der Waals surface area contributed by atoms with Crippen LogP contribution in [-0.2, 0) is 6.18 Å². The van der Waals surface area contributed by atoms with Gasteiger partial charge >= 0.3 is 6.18 Å². The molecule has 30 heavy (non-hydrogen) atoms. The fourth-order valence-corrected chi connectivity index (χ4v) is 3.37. The van der Waals surface area contributed by atoms with Gasteiger partial charge in [-0.3, -0.25) is 4.79 Å². The van der Waals surface area contributed by atoms with Gasteiger partial charge in [0.05, 0.1) is 11.5 Å². The molecule has 2 aromatic carbocycles. The third kappa shape index (κ3) is 3.23. The summed E-state index contributed by atoms with van der Waals surface area (Å²) in [6, 6.07) is 9.73. The van der Waals surface area contributed by atoms with Gasteiger partial charge in [-0.1, -0.05) is 17.3 Å². The van der Waals surface area contributed by atoms with Crippen LogP contribution >= 0.6 is 0 Å². The van der Waals surface area contributed by atoms with E-state index in [4.69, 9.17) is 14.0 Å². The summed E-state index contributed by atoms with van der Waals surface area (Å²) in [5.41, 5.74) is -0.0872. The average molecular weight is 417 g/mol. The minimum atomic E-state index is -4.45. The second-order valence-electron chi connectivity index (χ2n) is 7.01. The molecule has 3 heterocycles. The number of carbonyl (C=O) groups excluding carboxylic acids is 1. The quantitative estimate of drug-likeness (QED) is 0.647. The van der Waals surface area contributed by atoms with Crippen molar-refractivity contribution in [2.24, 2.45) is 0 Å². The molecule has 1 saturated heterocycles. The van der Waals surface area contributed by atoms with Crippen molar-refractivity contribution >= 4 is 5.91 Å². The van der Waals surface area contributed by atoms with E-state index in [1.54, 1.807) is 23.1 Å². The Bertz CT molecular complexity index is 1120. The van der Waals surface area contributed by atoms with Gasteiger partial charge in [-0.15, -0.1) is 0 Å². The number of hydrogen-bond donors (Lipinski definition) is 0. The molecule has 3 aromatic rings. The van der Waals surface area contributed by atoms with Crippen LogP contribution in [0.2, 0.25) is 0 Å². The van der Waals surface area contributed by atoms with E-state index in [0.29, 0.717) is 30.2 Å². The number of amides is 1. The number of alkyl halides is 3. The van der Waals surface area contributed by atoms with Gasteiger partial charge in [-0.2, -0.15) is 18.2 Å². The van der Waals surface area contributed by atoms with Crippen molar-refractivity contribution in [1.82, 2.24) is 15.0 Å². The largest absolute Gasteiger partial charge is 0.454 e. The smallest absolute Gasteiger partial charge is 0.416 e. The van der Waals surface area contributed by atoms with Crippen LogP contribution in [0.3, 0.4) is 0 Å². The molecule has 1 amide bonds. The molecule has 0 saturated carbocycles. The molecular formula is C20H14F3N3O4. The normalized spacial score (nSPS) is 15.9. The average Bonchev–Trinajstić information content (AvgIpc) is 3.35. The number of rotatable bonds is 3. The molecule has 0 unspecified atom stereocenters. The predicted molar refractivity (Wildman–Crippen MR) is 95.9 cm³/mol. The highest BCUT2D eigenvalue weighted by molar-refractivity contribution is 5.95. The van der Waals surface area contributed by atoms with Crippen molar-refractivity contribution in [2.75, 3.05) is 19.9 Å². The SMILES string of the molecule is O=C(c1ccc2c(c1)OCO2)N1CC(c2nc(-c3cccc(C(F)(F)F)c3)no2)C1. The molecule has 10 heteroatoms. The lowest BCUT2D eigenvalue weighted by Gasteiger charge is -2.37. The van der Waals surface area contributed by atoms with E-state index in [-0.39, 0.29) is 35.9 Å². The number of aromatic nitrogens is 2. The summed E-state index contributed by atoms with van der Waals surface area (Å²) in [5.74, 6) is 1.16. The van der Waals surface area contributed by atoms with E-state index < -0.39 is 11.7 Å². The molecule has 1 fully saturated rings. The fourth-order valence-electron chi connectivity index (χ4n) is 3.37. The molecule has 0 N–H and O–H groups in total. The fraction of sp³-hybridized carbons (Fsp3) is 0.250. The Morgan fingerprint density at radius 2 is 1.87 bits per heavy atom. The van der Waals surface area contributed by atoms with Crippen LogP contribution in [0.4, 0.5) is 13.2 Å². The molecule has 154 valence electrons. The summed E-state index contributed by atoms with van der Waals surface area (Å²) in [6.45, 7) is 0.874. The Kier molecular flexibility index (Phi) is 4.16. The van der Waals surface area contributed by atoms with Crippen LogP contribution in [-0.4, -0.2) is 40.8 Å². The number of halogens is 3. The first kappa shape index (κ1) is 18.5. The molecule has 2 aliphatic rings. The van der Waals surface area contributed by atoms with E-state index in [1.165, 1.54) is 12.1 Å². The standard InChI is InChI=1S/C20H14F3N3O4/c21-20(22,23)14-3-1-2-11(6-14)17-24-18(30-25-17)13-8-26(9-13)19(27)12-4-5-15-16(7-12)29-10-28-15/h1-7,13H,8-10H2. The van der Waals surface area contributed by atoms with E-state index in [0.717, 1.165) is 12.1 Å². The van der Waals surface area contributed by atoms with Gasteiger partial charge in [0, 0.05) is 24.2 Å². The van der Waals surface area contributed by atoms with Gasteiger partial charge in [0.1, 0.15) is 0 Å². The molecule has 7 nitrogen and oxygen atoms in total. The number of hydrogen-bond acceptors (Lipinski definition) is 6. The number of benzene rings is 2. The van der Waals surface area contributed by atoms with Gasteiger partial charge in [0.2, 0.25) is 18.5 Å². The van der Waals surface area contributed by atoms with Gasteiger partial charge in [-0.05, 0) is 30.3 Å². The van der Waals surface area contributed by atoms with Crippen LogP contribution < -0.4 is 9.47 Å². The third-order valence-electron chi connectivity index (χ3n) is 5.03. The van der Waals surface area contributed by atoms with E-state index in [1.807, 2.05) is 0 Å². The predicted octanol–water partition coefficient (Wildman–Crippen LogP) is 3.72. The summed E-state index contributed by atoms with van der Waals surface area (Å²) in [7, 11) is 0. The van der Waals surface area contributed by atoms with Gasteiger partial charge in [0.25, 0.3) is 5.91 Å². The van der Waals surface area contributed by atoms with Crippen molar-refractivity contribution in [2.45, 2.75) is 12.1 Å². The van der Waals surface area contributed by atoms with Crippen molar-refractivity contribution in [1.29, 1.82) is 0 Å². The number of ether oxygens (including phenoxy) is 2. The Labute approximate surface area is 168 Å². The van der Waals surface area contributed by atoms with Crippen molar-refractivity contribution in [3.8, 4) is 22.9 Å². The number of carbonyl (C=O) groups is 1. The van der Waals surface area contributed by atoms with Crippen LogP contribution in [0.1, 0.15) is 27.7 Å². The first-order chi connectivity index (χ1) is 14.4. The van der Waals surface area contributed by atoms with E-state index >= 15 is 0 Å². The lowest BCUT2D eigenvalue weighted by molar-refractivity contribution is -0.137. The Hall–Kier alpha value is -3.56. The zero-order chi connectivity index (χ0) is 20.9. The van der Waals surface area contributed by atoms with Gasteiger partial charge in [0.15, 0.2) is 11.5 Å². The molecular weight excluding hydrogens is 403 g/mol. The van der Waals surface area contributed by atoms with Crippen molar-refractivity contribution in [3.63, 3.8) is 0 Å². The highest BCUT2D eigenvalue weighted by Crippen LogP contribution is 2.35. The second-order valence-corrected chi connectivity index (χ2v) is 7.01. The minimum absolute atomic E-state index is 0.0802. The van der Waals surface area contributed by atoms with Gasteiger partial charge < -0.3 is 18.9 Å². The van der Waals surface area contributed by atoms with Gasteiger partial charge in [-0.25, -0.2) is 0 Å². The first-order valence-corrected chi connectivity index (χ1v) is 9.08. The topological polar surface area (TPSA) is 77.7 Å². The number of fused-ring (bicyclic) bond motifs is 1. The third-order valence-corrected chi connectivity index (χ3v) is 5.03. The lowest BCUT2D eigenvalue weighted by Crippen LogP contribution is -2.48. The Balaban J connectivity index is 1.26. The van der Waals surface area contributed by atoms with Crippen molar-refractivity contribution < 1.29 is 32.0 Å². The zero-order valence-electron chi connectivity index (χ0n) is 15.3. The van der Waals surface area contributed by atoms with Crippen LogP contribution in [0.5, 0.6) is 11.5 Å². The highest BCUT2D eigenvalue weighted by Gasteiger charge is 2.37. The molecule has 0 spiro atoms. The Morgan fingerprint density at radius 1 is 1.07 bits per heavy atom. The van der Waals surface area contributed by atoms with Crippen molar-refractivity contribution in [3.05, 3.63) is 59.5 Å². The number of likely N-dealkylation sites (tertiary alicyclic amines) is 1. The summed E-state index contributed by atoms with van der Waals surface area (Å²) in [4.78, 5) is 18.5. The minimum Gasteiger partial charge on any atom is -0.454 e. The molecule has 0 atom stereocenters. The maximum atomic E-state index is 12.9. The van der Waals surface area contributed by atoms with Crippen LogP contribution in [0, 0.1) is 0 Å². The maximum absolute atomic E-state index is 12.9. The number of nitrogens with zero attached hydrogens (tertiary/aromatic N) is 3. The Morgan fingerprint density at radius 3 is 2.67 bits per heavy atom. The zero-order valence-corrected chi connectivity index (χ0v) is 15.3. The molecule has 5 rings (SSSR count). The van der Waals surface area contributed by atoms with E-state index in [2.05, 4.69) is 10.1 Å². The van der Waals surface area contributed by atoms with Crippen LogP contribution in [0.25, 0.3) is 11.4 Å². The summed E-state index contributed by atoms with van der Waals surface area (Å²) < 4.78 is 54.4. The molecule has 0 radical (unpaired) electrons. The highest BCUT2D eigenvalue weighted by atomic mass is 19.4. The molecule has 0 bridgehead atoms. The van der Waals surface area contributed by atoms with E-state index in [9.17, 15) is 18.0 Å². The van der Waals surface area contributed by atoms with Crippen LogP contribution in [0.15, 0.2) is 47.0 Å². The summed E-state index contributed by atoms with van der Waals surface area (Å²) in [5, 5.41) is 3.79. The first-order valence-electron chi connectivity index (χ1n) is 9.08. The maximum Gasteiger partial charge on any atom is 0.416 e.